The molecule has 88 heavy (non-hydrogen) atoms. The van der Waals surface area contributed by atoms with Gasteiger partial charge in [0.05, 0.1) is 32.0 Å². The maximum absolute atomic E-state index is 13.3. The Balaban J connectivity index is 1.73. The third-order valence-electron chi connectivity index (χ3n) is 16.5. The van der Waals surface area contributed by atoms with Crippen molar-refractivity contribution in [2.24, 2.45) is 0 Å². The summed E-state index contributed by atoms with van der Waals surface area (Å²) in [7, 11) is 0. The van der Waals surface area contributed by atoms with E-state index < -0.39 is 86.8 Å². The van der Waals surface area contributed by atoms with Crippen LogP contribution in [0.2, 0.25) is 0 Å². The van der Waals surface area contributed by atoms with Crippen molar-refractivity contribution in [1.82, 2.24) is 5.32 Å². The van der Waals surface area contributed by atoms with Crippen molar-refractivity contribution in [2.75, 3.05) is 19.8 Å². The Morgan fingerprint density at radius 3 is 1.20 bits per heavy atom. The first-order valence-corrected chi connectivity index (χ1v) is 35.1. The molecule has 2 aliphatic rings. The molecule has 2 heterocycles. The van der Waals surface area contributed by atoms with E-state index in [9.17, 15) is 45.6 Å². The number of unbranched alkanes of at least 4 members (excludes halogenated alkanes) is 27. The molecule has 0 bridgehead atoms. The summed E-state index contributed by atoms with van der Waals surface area (Å²) in [4.78, 5) is 13.3. The number of carbonyl (C=O) groups excluding carboxylic acids is 1. The molecule has 2 fully saturated rings. The van der Waals surface area contributed by atoms with Crippen molar-refractivity contribution in [1.29, 1.82) is 0 Å². The van der Waals surface area contributed by atoms with Crippen molar-refractivity contribution in [3.05, 3.63) is 109 Å². The summed E-state index contributed by atoms with van der Waals surface area (Å²) in [6.45, 7) is 2.67. The molecule has 12 atom stereocenters. The summed E-state index contributed by atoms with van der Waals surface area (Å²) < 4.78 is 22.8. The van der Waals surface area contributed by atoms with E-state index in [1.165, 1.54) is 148 Å². The van der Waals surface area contributed by atoms with Gasteiger partial charge in [-0.15, -0.1) is 0 Å². The van der Waals surface area contributed by atoms with Gasteiger partial charge in [-0.1, -0.05) is 277 Å². The molecule has 0 aromatic rings. The molecule has 12 unspecified atom stereocenters. The fourth-order valence-electron chi connectivity index (χ4n) is 10.9. The number of nitrogens with one attached hydrogen (secondary N) is 1. The smallest absolute Gasteiger partial charge is 0.220 e. The van der Waals surface area contributed by atoms with Crippen LogP contribution in [-0.2, 0) is 23.7 Å². The second-order valence-corrected chi connectivity index (χ2v) is 24.3. The first kappa shape index (κ1) is 80.7. The van der Waals surface area contributed by atoms with E-state index in [-0.39, 0.29) is 18.9 Å². The standard InChI is InChI=1S/C74H127NO13/c1-3-5-7-9-11-13-15-17-19-21-23-25-27-29-31-33-35-37-39-41-43-45-47-49-51-53-55-57-63(78)62(61-85-73-71(84)69(82)72(65(60-77)87-73)88-74-70(83)68(81)67(80)64(59-76)86-74)75-66(79)58-56-54-52-50-48-46-44-42-40-38-36-34-32-30-28-26-24-22-20-18-16-14-12-10-8-6-4-2/h6,8,12,14,18,20,24,26,30,32,36,38,42,44,48,50,55,57,62-65,67-74,76-78,80-84H,3-5,7,9-11,13,15-17,19,21-23,25,27-29,31,33-35,37,39-41,43,45-47,49,51-54,56,58-61H2,1-2H3,(H,75,79)/b8-6-,14-12-,20-18-,26-24-,32-30-,38-36-,44-42-,50-48-,57-55+. The minimum atomic E-state index is -1.80. The molecule has 0 saturated carbocycles. The van der Waals surface area contributed by atoms with Crippen LogP contribution >= 0.6 is 0 Å². The summed E-state index contributed by atoms with van der Waals surface area (Å²) in [5.41, 5.74) is 0. The van der Waals surface area contributed by atoms with Gasteiger partial charge < -0.3 is 65.1 Å². The maximum Gasteiger partial charge on any atom is 0.220 e. The highest BCUT2D eigenvalue weighted by Gasteiger charge is 2.51. The van der Waals surface area contributed by atoms with E-state index in [0.717, 1.165) is 83.5 Å². The SMILES string of the molecule is CC/C=C\C/C=C\C/C=C\C/C=C\C/C=C\C/C=C\C/C=C\C/C=C\CCCCC(=O)NC(COC1OC(CO)C(OC2OC(CO)C(O)C(O)C2O)C(O)C1O)C(O)/C=C/CCCCCCCCCCCCCCCCCCCCCCCCCCC. The number of hydrogen-bond donors (Lipinski definition) is 9. The topological polar surface area (TPSA) is 228 Å². The molecule has 0 aliphatic carbocycles. The Kier molecular flexibility index (Phi) is 52.8. The van der Waals surface area contributed by atoms with Crippen molar-refractivity contribution in [3.63, 3.8) is 0 Å². The Hall–Kier alpha value is -3.35. The van der Waals surface area contributed by atoms with E-state index in [1.807, 2.05) is 6.08 Å². The second kappa shape index (κ2) is 57.5. The van der Waals surface area contributed by atoms with E-state index in [1.54, 1.807) is 6.08 Å². The highest BCUT2D eigenvalue weighted by atomic mass is 16.7. The monoisotopic (exact) mass is 1240 g/mol. The normalized spacial score (nSPS) is 23.8. The molecule has 0 spiro atoms. The lowest BCUT2D eigenvalue weighted by Gasteiger charge is -2.46. The van der Waals surface area contributed by atoms with Gasteiger partial charge in [-0.05, 0) is 83.5 Å². The molecular formula is C74H127NO13. The average molecular weight is 1240 g/mol. The highest BCUT2D eigenvalue weighted by molar-refractivity contribution is 5.76. The zero-order chi connectivity index (χ0) is 63.8. The minimum Gasteiger partial charge on any atom is -0.394 e. The van der Waals surface area contributed by atoms with Crippen LogP contribution in [0.4, 0.5) is 0 Å². The molecular weight excluding hydrogens is 1110 g/mol. The van der Waals surface area contributed by atoms with Crippen LogP contribution in [0, 0.1) is 0 Å². The summed E-state index contributed by atoms with van der Waals surface area (Å²) >= 11 is 0. The van der Waals surface area contributed by atoms with Crippen molar-refractivity contribution in [3.8, 4) is 0 Å². The van der Waals surface area contributed by atoms with Gasteiger partial charge in [0.15, 0.2) is 12.6 Å². The highest BCUT2D eigenvalue weighted by Crippen LogP contribution is 2.30. The van der Waals surface area contributed by atoms with Crippen molar-refractivity contribution >= 4 is 5.91 Å². The number of amides is 1. The number of rotatable bonds is 56. The van der Waals surface area contributed by atoms with Crippen LogP contribution in [0.3, 0.4) is 0 Å². The van der Waals surface area contributed by atoms with Gasteiger partial charge in [0.2, 0.25) is 5.91 Å². The molecule has 506 valence electrons. The summed E-state index contributed by atoms with van der Waals surface area (Å²) in [5, 5.41) is 87.4. The third-order valence-corrected chi connectivity index (χ3v) is 16.5. The fraction of sp³-hybridized carbons (Fsp3) is 0.743. The number of aliphatic hydroxyl groups is 8. The molecule has 2 rings (SSSR count). The number of allylic oxidation sites excluding steroid dienone is 17. The zero-order valence-corrected chi connectivity index (χ0v) is 54.9. The molecule has 0 aromatic heterocycles. The van der Waals surface area contributed by atoms with E-state index in [2.05, 4.69) is 116 Å². The molecule has 2 saturated heterocycles. The third kappa shape index (κ3) is 41.2. The molecule has 1 amide bonds. The van der Waals surface area contributed by atoms with Gasteiger partial charge in [0, 0.05) is 6.42 Å². The predicted molar refractivity (Wildman–Crippen MR) is 359 cm³/mol. The van der Waals surface area contributed by atoms with Crippen molar-refractivity contribution in [2.45, 2.75) is 331 Å². The number of aliphatic hydroxyl groups excluding tert-OH is 8. The minimum absolute atomic E-state index is 0.219. The van der Waals surface area contributed by atoms with E-state index >= 15 is 0 Å². The maximum atomic E-state index is 13.3. The average Bonchev–Trinajstić information content (AvgIpc) is 1.93. The molecule has 14 heteroatoms. The summed E-state index contributed by atoms with van der Waals surface area (Å²) in [6.07, 6.45) is 65.7. The molecule has 9 N–H and O–H groups in total. The van der Waals surface area contributed by atoms with Gasteiger partial charge in [-0.25, -0.2) is 0 Å². The van der Waals surface area contributed by atoms with E-state index in [0.29, 0.717) is 6.42 Å². The lowest BCUT2D eigenvalue weighted by atomic mass is 9.97. The van der Waals surface area contributed by atoms with Crippen LogP contribution < -0.4 is 5.32 Å². The first-order chi connectivity index (χ1) is 43.1. The summed E-state index contributed by atoms with van der Waals surface area (Å²) in [6, 6.07) is -0.948. The van der Waals surface area contributed by atoms with Gasteiger partial charge in [0.1, 0.15) is 48.8 Å². The molecule has 14 nitrogen and oxygen atoms in total. The molecule has 2 aliphatic heterocycles. The lowest BCUT2D eigenvalue weighted by molar-refractivity contribution is -0.359. The first-order valence-electron chi connectivity index (χ1n) is 35.1. The Bertz CT molecular complexity index is 1890. The predicted octanol–water partition coefficient (Wildman–Crippen LogP) is 14.3. The van der Waals surface area contributed by atoms with Crippen LogP contribution in [0.1, 0.15) is 258 Å². The van der Waals surface area contributed by atoms with Crippen molar-refractivity contribution < 1.29 is 64.6 Å². The Morgan fingerprint density at radius 2 is 0.784 bits per heavy atom. The molecule has 0 aromatic carbocycles. The van der Waals surface area contributed by atoms with Crippen LogP contribution in [0.5, 0.6) is 0 Å². The lowest BCUT2D eigenvalue weighted by Crippen LogP contribution is -2.65. The van der Waals surface area contributed by atoms with Crippen LogP contribution in [0.15, 0.2) is 109 Å². The van der Waals surface area contributed by atoms with Gasteiger partial charge >= 0.3 is 0 Å². The number of ether oxygens (including phenoxy) is 4. The van der Waals surface area contributed by atoms with E-state index in [4.69, 9.17) is 18.9 Å². The van der Waals surface area contributed by atoms with Crippen LogP contribution in [-0.4, -0.2) is 140 Å². The molecule has 0 radical (unpaired) electrons. The van der Waals surface area contributed by atoms with Gasteiger partial charge in [-0.2, -0.15) is 0 Å². The second-order valence-electron chi connectivity index (χ2n) is 24.3. The Morgan fingerprint density at radius 1 is 0.420 bits per heavy atom. The van der Waals surface area contributed by atoms with Gasteiger partial charge in [-0.3, -0.25) is 4.79 Å². The summed E-state index contributed by atoms with van der Waals surface area (Å²) in [5.74, 6) is -0.283. The largest absolute Gasteiger partial charge is 0.394 e. The number of hydrogen-bond acceptors (Lipinski definition) is 13. The van der Waals surface area contributed by atoms with Gasteiger partial charge in [0.25, 0.3) is 0 Å². The Labute approximate surface area is 534 Å². The van der Waals surface area contributed by atoms with Crippen LogP contribution in [0.25, 0.3) is 0 Å². The zero-order valence-electron chi connectivity index (χ0n) is 54.9. The number of carbonyl (C=O) groups is 1. The fourth-order valence-corrected chi connectivity index (χ4v) is 10.9. The quantitative estimate of drug-likeness (QED) is 0.0204.